The second kappa shape index (κ2) is 6.96. The molecule has 1 aliphatic rings. The van der Waals surface area contributed by atoms with Gasteiger partial charge >= 0.3 is 0 Å². The van der Waals surface area contributed by atoms with E-state index >= 15 is 0 Å². The van der Waals surface area contributed by atoms with Gasteiger partial charge in [-0.15, -0.1) is 0 Å². The first-order valence-corrected chi connectivity index (χ1v) is 8.79. The molecule has 2 aromatic heterocycles. The van der Waals surface area contributed by atoms with E-state index in [2.05, 4.69) is 39.1 Å². The predicted molar refractivity (Wildman–Crippen MR) is 97.4 cm³/mol. The van der Waals surface area contributed by atoms with Crippen LogP contribution < -0.4 is 0 Å². The SMILES string of the molecule is Cc1cccc(CN2CCC(C)(c3[nH]ncc3C(=O)N(C)C)CC2)n1. The van der Waals surface area contributed by atoms with Crippen molar-refractivity contribution in [3.63, 3.8) is 0 Å². The zero-order valence-electron chi connectivity index (χ0n) is 15.5. The number of nitrogens with one attached hydrogen (secondary N) is 1. The van der Waals surface area contributed by atoms with Gasteiger partial charge in [0.1, 0.15) is 0 Å². The van der Waals surface area contributed by atoms with Crippen LogP contribution in [-0.4, -0.2) is 58.1 Å². The Labute approximate surface area is 149 Å². The monoisotopic (exact) mass is 341 g/mol. The number of carbonyl (C=O) groups is 1. The van der Waals surface area contributed by atoms with Crippen molar-refractivity contribution in [3.8, 4) is 0 Å². The molecular formula is C19H27N5O. The summed E-state index contributed by atoms with van der Waals surface area (Å²) in [4.78, 5) is 21.0. The van der Waals surface area contributed by atoms with Crippen molar-refractivity contribution < 1.29 is 4.79 Å². The highest BCUT2D eigenvalue weighted by atomic mass is 16.2. The minimum Gasteiger partial charge on any atom is -0.345 e. The molecule has 3 rings (SSSR count). The summed E-state index contributed by atoms with van der Waals surface area (Å²) >= 11 is 0. The quantitative estimate of drug-likeness (QED) is 0.927. The molecule has 1 fully saturated rings. The average Bonchev–Trinajstić information content (AvgIpc) is 3.07. The van der Waals surface area contributed by atoms with Crippen molar-refractivity contribution in [2.45, 2.75) is 38.6 Å². The zero-order chi connectivity index (χ0) is 18.0. The third-order valence-corrected chi connectivity index (χ3v) is 5.17. The van der Waals surface area contributed by atoms with E-state index in [9.17, 15) is 4.79 Å². The van der Waals surface area contributed by atoms with Gasteiger partial charge in [0.15, 0.2) is 0 Å². The molecule has 0 radical (unpaired) electrons. The number of aromatic nitrogens is 3. The van der Waals surface area contributed by atoms with Gasteiger partial charge in [-0.25, -0.2) is 0 Å². The maximum atomic E-state index is 12.4. The summed E-state index contributed by atoms with van der Waals surface area (Å²) in [5.41, 5.74) is 3.80. The first kappa shape index (κ1) is 17.6. The number of aromatic amines is 1. The number of nitrogens with zero attached hydrogens (tertiary/aromatic N) is 4. The normalized spacial score (nSPS) is 17.4. The van der Waals surface area contributed by atoms with Crippen LogP contribution in [0.4, 0.5) is 0 Å². The van der Waals surface area contributed by atoms with Crippen molar-refractivity contribution in [2.75, 3.05) is 27.2 Å². The number of likely N-dealkylation sites (tertiary alicyclic amines) is 1. The Bertz CT molecular complexity index is 744. The summed E-state index contributed by atoms with van der Waals surface area (Å²) in [5.74, 6) is 0.0105. The molecule has 0 bridgehead atoms. The van der Waals surface area contributed by atoms with Crippen LogP contribution in [0.1, 0.15) is 47.2 Å². The van der Waals surface area contributed by atoms with Gasteiger partial charge in [-0.05, 0) is 45.0 Å². The lowest BCUT2D eigenvalue weighted by Gasteiger charge is -2.39. The Balaban J connectivity index is 1.69. The first-order valence-electron chi connectivity index (χ1n) is 8.79. The minimum atomic E-state index is -0.0476. The lowest BCUT2D eigenvalue weighted by molar-refractivity contribution is 0.0822. The summed E-state index contributed by atoms with van der Waals surface area (Å²) in [6.07, 6.45) is 3.65. The largest absolute Gasteiger partial charge is 0.345 e. The van der Waals surface area contributed by atoms with Crippen molar-refractivity contribution in [3.05, 3.63) is 47.0 Å². The van der Waals surface area contributed by atoms with Crippen LogP contribution in [0, 0.1) is 6.92 Å². The highest BCUT2D eigenvalue weighted by molar-refractivity contribution is 5.95. The van der Waals surface area contributed by atoms with Crippen molar-refractivity contribution >= 4 is 5.91 Å². The molecule has 6 heteroatoms. The third kappa shape index (κ3) is 3.74. The Kier molecular flexibility index (Phi) is 4.90. The van der Waals surface area contributed by atoms with Crippen LogP contribution >= 0.6 is 0 Å². The van der Waals surface area contributed by atoms with E-state index in [4.69, 9.17) is 0 Å². The van der Waals surface area contributed by atoms with Gasteiger partial charge in [0, 0.05) is 31.7 Å². The maximum Gasteiger partial charge on any atom is 0.256 e. The van der Waals surface area contributed by atoms with Crippen LogP contribution in [0.25, 0.3) is 0 Å². The van der Waals surface area contributed by atoms with E-state index in [-0.39, 0.29) is 11.3 Å². The number of aryl methyl sites for hydroxylation is 1. The molecule has 134 valence electrons. The van der Waals surface area contributed by atoms with Crippen LogP contribution in [0.2, 0.25) is 0 Å². The lowest BCUT2D eigenvalue weighted by Crippen LogP contribution is -2.42. The number of amides is 1. The standard InChI is InChI=1S/C19H27N5O/c1-14-6-5-7-15(21-14)13-24-10-8-19(2,9-11-24)17-16(12-20-22-17)18(25)23(3)4/h5-7,12H,8-11,13H2,1-4H3,(H,20,22). The van der Waals surface area contributed by atoms with E-state index < -0.39 is 0 Å². The summed E-state index contributed by atoms with van der Waals surface area (Å²) in [6.45, 7) is 7.11. The van der Waals surface area contributed by atoms with E-state index in [1.54, 1.807) is 25.2 Å². The highest BCUT2D eigenvalue weighted by Crippen LogP contribution is 2.36. The molecule has 3 heterocycles. The van der Waals surface area contributed by atoms with Gasteiger partial charge in [0.2, 0.25) is 0 Å². The minimum absolute atomic E-state index is 0.0105. The Morgan fingerprint density at radius 1 is 1.32 bits per heavy atom. The number of carbonyl (C=O) groups excluding carboxylic acids is 1. The van der Waals surface area contributed by atoms with Gasteiger partial charge in [0.05, 0.1) is 23.1 Å². The molecule has 1 aliphatic heterocycles. The van der Waals surface area contributed by atoms with E-state index in [0.29, 0.717) is 5.56 Å². The number of H-pyrrole nitrogens is 1. The number of rotatable bonds is 4. The molecule has 25 heavy (non-hydrogen) atoms. The molecule has 0 unspecified atom stereocenters. The second-order valence-corrected chi connectivity index (χ2v) is 7.47. The zero-order valence-corrected chi connectivity index (χ0v) is 15.5. The molecule has 0 aromatic carbocycles. The molecule has 1 N–H and O–H groups in total. The molecule has 6 nitrogen and oxygen atoms in total. The molecule has 0 saturated carbocycles. The van der Waals surface area contributed by atoms with Gasteiger partial charge in [-0.1, -0.05) is 13.0 Å². The average molecular weight is 341 g/mol. The topological polar surface area (TPSA) is 65.1 Å². The van der Waals surface area contributed by atoms with E-state index in [1.807, 2.05) is 13.0 Å². The van der Waals surface area contributed by atoms with E-state index in [0.717, 1.165) is 49.6 Å². The summed E-state index contributed by atoms with van der Waals surface area (Å²) < 4.78 is 0. The first-order chi connectivity index (χ1) is 11.9. The van der Waals surface area contributed by atoms with Gasteiger partial charge < -0.3 is 4.90 Å². The van der Waals surface area contributed by atoms with Crippen LogP contribution in [0.15, 0.2) is 24.4 Å². The molecule has 0 aliphatic carbocycles. The summed E-state index contributed by atoms with van der Waals surface area (Å²) in [6, 6.07) is 6.18. The Morgan fingerprint density at radius 3 is 2.68 bits per heavy atom. The molecule has 0 spiro atoms. The lowest BCUT2D eigenvalue weighted by atomic mass is 9.76. The molecule has 0 atom stereocenters. The van der Waals surface area contributed by atoms with E-state index in [1.165, 1.54) is 0 Å². The smallest absolute Gasteiger partial charge is 0.256 e. The van der Waals surface area contributed by atoms with Crippen molar-refractivity contribution in [1.29, 1.82) is 0 Å². The Morgan fingerprint density at radius 2 is 2.04 bits per heavy atom. The van der Waals surface area contributed by atoms with Crippen molar-refractivity contribution in [2.24, 2.45) is 0 Å². The molecular weight excluding hydrogens is 314 g/mol. The Hall–Kier alpha value is -2.21. The van der Waals surface area contributed by atoms with Crippen LogP contribution in [-0.2, 0) is 12.0 Å². The number of hydrogen-bond donors (Lipinski definition) is 1. The fourth-order valence-electron chi connectivity index (χ4n) is 3.52. The van der Waals surface area contributed by atoms with Crippen molar-refractivity contribution in [1.82, 2.24) is 25.0 Å². The summed E-state index contributed by atoms with van der Waals surface area (Å²) in [5, 5.41) is 7.24. The predicted octanol–water partition coefficient (Wildman–Crippen LogP) is 2.37. The van der Waals surface area contributed by atoms with Gasteiger partial charge in [-0.3, -0.25) is 19.8 Å². The van der Waals surface area contributed by atoms with Crippen LogP contribution in [0.3, 0.4) is 0 Å². The molecule has 1 saturated heterocycles. The second-order valence-electron chi connectivity index (χ2n) is 7.47. The molecule has 1 amide bonds. The third-order valence-electron chi connectivity index (χ3n) is 5.17. The fraction of sp³-hybridized carbons (Fsp3) is 0.526. The number of hydrogen-bond acceptors (Lipinski definition) is 4. The molecule has 2 aromatic rings. The fourth-order valence-corrected chi connectivity index (χ4v) is 3.52. The maximum absolute atomic E-state index is 12.4. The van der Waals surface area contributed by atoms with Crippen LogP contribution in [0.5, 0.6) is 0 Å². The highest BCUT2D eigenvalue weighted by Gasteiger charge is 2.36. The number of pyridine rings is 1. The number of piperidine rings is 1. The van der Waals surface area contributed by atoms with Gasteiger partial charge in [-0.2, -0.15) is 5.10 Å². The summed E-state index contributed by atoms with van der Waals surface area (Å²) in [7, 11) is 3.55. The van der Waals surface area contributed by atoms with Gasteiger partial charge in [0.25, 0.3) is 5.91 Å².